The van der Waals surface area contributed by atoms with Crippen LogP contribution in [0, 0.1) is 5.92 Å². The second-order valence-corrected chi connectivity index (χ2v) is 10.5. The summed E-state index contributed by atoms with van der Waals surface area (Å²) in [5.41, 5.74) is 2.32. The van der Waals surface area contributed by atoms with E-state index in [1.807, 2.05) is 16.5 Å². The molecule has 3 fully saturated rings. The Balaban J connectivity index is 1.06. The number of rotatable bonds is 8. The number of anilines is 1. The van der Waals surface area contributed by atoms with E-state index in [2.05, 4.69) is 63.6 Å². The third-order valence-corrected chi connectivity index (χ3v) is 7.90. The average Bonchev–Trinajstić information content (AvgIpc) is 3.59. The molecule has 1 aromatic heterocycles. The first-order valence-electron chi connectivity index (χ1n) is 13.5. The maximum atomic E-state index is 12.9. The van der Waals surface area contributed by atoms with Gasteiger partial charge in [0.25, 0.3) is 0 Å². The van der Waals surface area contributed by atoms with Crippen LogP contribution in [0.15, 0.2) is 36.5 Å². The summed E-state index contributed by atoms with van der Waals surface area (Å²) in [6.07, 6.45) is 5.05. The molecule has 3 aliphatic heterocycles. The van der Waals surface area contributed by atoms with Crippen molar-refractivity contribution in [2.75, 3.05) is 57.4 Å². The molecule has 4 atom stereocenters. The van der Waals surface area contributed by atoms with E-state index in [1.54, 1.807) is 0 Å². The Morgan fingerprint density at radius 1 is 1.03 bits per heavy atom. The van der Waals surface area contributed by atoms with Gasteiger partial charge in [0, 0.05) is 51.5 Å². The Bertz CT molecular complexity index is 971. The fraction of sp³-hybridized carbons (Fsp3) is 0.667. The quantitative estimate of drug-likeness (QED) is 0.556. The van der Waals surface area contributed by atoms with Gasteiger partial charge in [-0.1, -0.05) is 30.3 Å². The van der Waals surface area contributed by atoms with E-state index in [0.29, 0.717) is 26.3 Å². The molecule has 5 rings (SSSR count). The van der Waals surface area contributed by atoms with Gasteiger partial charge in [-0.15, -0.1) is 5.10 Å². The van der Waals surface area contributed by atoms with Crippen LogP contribution in [0.3, 0.4) is 0 Å². The zero-order valence-electron chi connectivity index (χ0n) is 21.7. The number of carbonyl (C=O) groups is 1. The number of nitrogens with zero attached hydrogens (tertiary/aromatic N) is 6. The lowest BCUT2D eigenvalue weighted by atomic mass is 9.99. The molecule has 1 amide bonds. The zero-order chi connectivity index (χ0) is 24.9. The second kappa shape index (κ2) is 11.7. The predicted octanol–water partition coefficient (Wildman–Crippen LogP) is 2.59. The van der Waals surface area contributed by atoms with E-state index in [-0.39, 0.29) is 30.1 Å². The van der Waals surface area contributed by atoms with Crippen molar-refractivity contribution < 1.29 is 14.3 Å². The highest BCUT2D eigenvalue weighted by Crippen LogP contribution is 2.31. The first-order valence-corrected chi connectivity index (χ1v) is 13.5. The maximum absolute atomic E-state index is 12.9. The number of ether oxygens (including phenoxy) is 2. The molecule has 1 aromatic carbocycles. The second-order valence-electron chi connectivity index (χ2n) is 10.5. The van der Waals surface area contributed by atoms with Crippen LogP contribution in [-0.4, -0.2) is 95.4 Å². The van der Waals surface area contributed by atoms with Crippen molar-refractivity contribution in [3.05, 3.63) is 42.2 Å². The molecule has 3 aliphatic rings. The van der Waals surface area contributed by atoms with Gasteiger partial charge in [-0.05, 0) is 38.3 Å². The van der Waals surface area contributed by atoms with E-state index in [1.165, 1.54) is 5.69 Å². The third-order valence-electron chi connectivity index (χ3n) is 7.90. The van der Waals surface area contributed by atoms with Crippen LogP contribution in [0.25, 0.3) is 0 Å². The predicted molar refractivity (Wildman–Crippen MR) is 138 cm³/mol. The van der Waals surface area contributed by atoms with Gasteiger partial charge in [-0.3, -0.25) is 9.69 Å². The topological polar surface area (TPSA) is 76.0 Å². The summed E-state index contributed by atoms with van der Waals surface area (Å²) in [6, 6.07) is 10.8. The number of amides is 1. The van der Waals surface area contributed by atoms with Crippen molar-refractivity contribution in [1.82, 2.24) is 24.8 Å². The zero-order valence-corrected chi connectivity index (χ0v) is 21.7. The smallest absolute Gasteiger partial charge is 0.228 e. The molecule has 0 radical (unpaired) electrons. The fourth-order valence-corrected chi connectivity index (χ4v) is 5.63. The van der Waals surface area contributed by atoms with E-state index >= 15 is 0 Å². The molecular formula is C27H40N6O3. The lowest BCUT2D eigenvalue weighted by molar-refractivity contribution is -0.144. The first kappa shape index (κ1) is 25.2. The molecule has 4 heterocycles. The van der Waals surface area contributed by atoms with Gasteiger partial charge in [-0.2, -0.15) is 0 Å². The van der Waals surface area contributed by atoms with Crippen LogP contribution in [0.2, 0.25) is 0 Å². The number of para-hydroxylation sites is 1. The minimum absolute atomic E-state index is 0.00148. The van der Waals surface area contributed by atoms with Crippen LogP contribution < -0.4 is 4.90 Å². The summed E-state index contributed by atoms with van der Waals surface area (Å²) in [4.78, 5) is 19.7. The lowest BCUT2D eigenvalue weighted by Gasteiger charge is -2.35. The van der Waals surface area contributed by atoms with Crippen molar-refractivity contribution in [1.29, 1.82) is 0 Å². The Hall–Kier alpha value is -2.49. The molecule has 0 saturated carbocycles. The van der Waals surface area contributed by atoms with Gasteiger partial charge in [0.1, 0.15) is 0 Å². The Labute approximate surface area is 214 Å². The summed E-state index contributed by atoms with van der Waals surface area (Å²) in [5.74, 6) is 0.0891. The van der Waals surface area contributed by atoms with Gasteiger partial charge < -0.3 is 19.3 Å². The van der Waals surface area contributed by atoms with E-state index in [9.17, 15) is 4.79 Å². The van der Waals surface area contributed by atoms with Crippen LogP contribution in [0.5, 0.6) is 0 Å². The minimum Gasteiger partial charge on any atom is -0.378 e. The van der Waals surface area contributed by atoms with Crippen LogP contribution in [-0.2, 0) is 20.8 Å². The van der Waals surface area contributed by atoms with Crippen molar-refractivity contribution in [2.24, 2.45) is 5.92 Å². The molecule has 0 spiro atoms. The standard InChI is InChI=1S/C27H40N6O3/c1-21(18-25-8-9-26(36-25)22(2)27(34)32-14-16-35-17-15-32)33-20-23(28-29-33)19-30-10-12-31(13-11-30)24-6-4-3-5-7-24/h3-7,20-22,25-26H,8-19H2,1-2H3/t21-,22+,25?,26?/m1/s1. The molecule has 36 heavy (non-hydrogen) atoms. The number of carbonyl (C=O) groups excluding carboxylic acids is 1. The van der Waals surface area contributed by atoms with Crippen molar-refractivity contribution in [3.8, 4) is 0 Å². The minimum atomic E-state index is -0.108. The van der Waals surface area contributed by atoms with Crippen molar-refractivity contribution >= 4 is 11.6 Å². The van der Waals surface area contributed by atoms with Gasteiger partial charge in [0.15, 0.2) is 0 Å². The number of hydrogen-bond acceptors (Lipinski definition) is 7. The summed E-state index contributed by atoms with van der Waals surface area (Å²) in [6.45, 7) is 11.8. The molecule has 0 aliphatic carbocycles. The van der Waals surface area contributed by atoms with E-state index in [0.717, 1.165) is 57.7 Å². The van der Waals surface area contributed by atoms with Crippen molar-refractivity contribution in [2.45, 2.75) is 57.9 Å². The van der Waals surface area contributed by atoms with Crippen LogP contribution >= 0.6 is 0 Å². The van der Waals surface area contributed by atoms with Gasteiger partial charge in [0.2, 0.25) is 5.91 Å². The summed E-state index contributed by atoms with van der Waals surface area (Å²) < 4.78 is 13.7. The molecular weight excluding hydrogens is 456 g/mol. The monoisotopic (exact) mass is 496 g/mol. The number of aromatic nitrogens is 3. The van der Waals surface area contributed by atoms with Gasteiger partial charge in [0.05, 0.1) is 49.3 Å². The largest absolute Gasteiger partial charge is 0.378 e. The Morgan fingerprint density at radius 3 is 2.53 bits per heavy atom. The highest BCUT2D eigenvalue weighted by Gasteiger charge is 2.36. The SMILES string of the molecule is C[C@H](C(=O)N1CCOCC1)C1CCC(C[C@@H](C)n2cc(CN3CCN(c4ccccc4)CC3)nn2)O1. The number of piperazine rings is 1. The summed E-state index contributed by atoms with van der Waals surface area (Å²) in [7, 11) is 0. The number of benzene rings is 1. The maximum Gasteiger partial charge on any atom is 0.228 e. The van der Waals surface area contributed by atoms with Crippen LogP contribution in [0.1, 0.15) is 44.8 Å². The lowest BCUT2D eigenvalue weighted by Crippen LogP contribution is -2.46. The molecule has 2 unspecified atom stereocenters. The highest BCUT2D eigenvalue weighted by atomic mass is 16.5. The summed E-state index contributed by atoms with van der Waals surface area (Å²) in [5, 5.41) is 8.89. The molecule has 3 saturated heterocycles. The molecule has 0 N–H and O–H groups in total. The fourth-order valence-electron chi connectivity index (χ4n) is 5.63. The van der Waals surface area contributed by atoms with Gasteiger partial charge in [-0.25, -0.2) is 4.68 Å². The van der Waals surface area contributed by atoms with Crippen LogP contribution in [0.4, 0.5) is 5.69 Å². The van der Waals surface area contributed by atoms with Gasteiger partial charge >= 0.3 is 0 Å². The van der Waals surface area contributed by atoms with E-state index in [4.69, 9.17) is 9.47 Å². The normalized spacial score (nSPS) is 25.2. The Kier molecular flexibility index (Phi) is 8.19. The first-order chi connectivity index (χ1) is 17.6. The third kappa shape index (κ3) is 6.07. The molecule has 2 aromatic rings. The molecule has 196 valence electrons. The molecule has 9 heteroatoms. The molecule has 9 nitrogen and oxygen atoms in total. The summed E-state index contributed by atoms with van der Waals surface area (Å²) >= 11 is 0. The van der Waals surface area contributed by atoms with E-state index < -0.39 is 0 Å². The highest BCUT2D eigenvalue weighted by molar-refractivity contribution is 5.79. The molecule has 0 bridgehead atoms. The number of hydrogen-bond donors (Lipinski definition) is 0. The van der Waals surface area contributed by atoms with Crippen molar-refractivity contribution in [3.63, 3.8) is 0 Å². The average molecular weight is 497 g/mol. The Morgan fingerprint density at radius 2 is 1.78 bits per heavy atom. The number of morpholine rings is 1.